The highest BCUT2D eigenvalue weighted by molar-refractivity contribution is 8.33. The highest BCUT2D eigenvalue weighted by Crippen LogP contribution is 2.51. The third-order valence-corrected chi connectivity index (χ3v) is 9.81. The van der Waals surface area contributed by atoms with Crippen LogP contribution in [0.15, 0.2) is 0 Å². The summed E-state index contributed by atoms with van der Waals surface area (Å²) in [5, 5.41) is 18.4. The highest BCUT2D eigenvalue weighted by Gasteiger charge is 2.25. The summed E-state index contributed by atoms with van der Waals surface area (Å²) in [4.78, 5) is 22.4. The first-order chi connectivity index (χ1) is 13.0. The van der Waals surface area contributed by atoms with Gasteiger partial charge in [0.2, 0.25) is 0 Å². The topological polar surface area (TPSA) is 74.6 Å². The highest BCUT2D eigenvalue weighted by atomic mass is 32.3. The van der Waals surface area contributed by atoms with Gasteiger partial charge in [-0.2, -0.15) is 0 Å². The monoisotopic (exact) mass is 404 g/mol. The van der Waals surface area contributed by atoms with Crippen molar-refractivity contribution in [2.75, 3.05) is 23.0 Å². The van der Waals surface area contributed by atoms with Gasteiger partial charge in [0.25, 0.3) is 0 Å². The molecule has 0 aliphatic carbocycles. The molecule has 0 radical (unpaired) electrons. The Morgan fingerprint density at radius 1 is 0.556 bits per heavy atom. The minimum absolute atomic E-state index is 0.195. The number of aliphatic carboxylic acids is 2. The standard InChI is InChI=1S/C22H44O4S/c1-3-5-7-9-11-13-17-27(19-15-21(23)24,20-16-22(25)26)18-14-12-10-8-6-4-2/h3-20H2,1-2H3,(H,23,24)(H,25,26). The molecule has 2 N–H and O–H groups in total. The maximum atomic E-state index is 11.2. The van der Waals surface area contributed by atoms with E-state index >= 15 is 0 Å². The number of rotatable bonds is 20. The number of hydrogen-bond donors (Lipinski definition) is 2. The first-order valence-electron chi connectivity index (χ1n) is 11.1. The zero-order chi connectivity index (χ0) is 20.4. The first-order valence-corrected chi connectivity index (χ1v) is 13.4. The van der Waals surface area contributed by atoms with Crippen LogP contribution in [-0.4, -0.2) is 45.2 Å². The van der Waals surface area contributed by atoms with Crippen molar-refractivity contribution >= 4 is 22.0 Å². The predicted octanol–water partition coefficient (Wildman–Crippen LogP) is 6.46. The zero-order valence-electron chi connectivity index (χ0n) is 17.8. The number of carbonyl (C=O) groups is 2. The molecule has 0 amide bonds. The van der Waals surface area contributed by atoms with Crippen LogP contribution < -0.4 is 0 Å². The second-order valence-corrected chi connectivity index (χ2v) is 11.9. The van der Waals surface area contributed by atoms with Gasteiger partial charge in [-0.15, -0.1) is 0 Å². The Balaban J connectivity index is 4.67. The second kappa shape index (κ2) is 17.4. The summed E-state index contributed by atoms with van der Waals surface area (Å²) < 4.78 is 0. The lowest BCUT2D eigenvalue weighted by atomic mass is 10.1. The summed E-state index contributed by atoms with van der Waals surface area (Å²) in [6.45, 7) is 4.43. The van der Waals surface area contributed by atoms with Crippen molar-refractivity contribution in [3.63, 3.8) is 0 Å². The van der Waals surface area contributed by atoms with E-state index in [-0.39, 0.29) is 12.8 Å². The number of carboxylic acids is 2. The van der Waals surface area contributed by atoms with Crippen molar-refractivity contribution in [1.29, 1.82) is 0 Å². The molecule has 0 aromatic heterocycles. The lowest BCUT2D eigenvalue weighted by Crippen LogP contribution is -2.21. The molecule has 0 atom stereocenters. The van der Waals surface area contributed by atoms with Crippen molar-refractivity contribution in [2.45, 2.75) is 104 Å². The van der Waals surface area contributed by atoms with E-state index < -0.39 is 22.0 Å². The molecular formula is C22H44O4S. The summed E-state index contributed by atoms with van der Waals surface area (Å²) in [5.41, 5.74) is 0. The van der Waals surface area contributed by atoms with Gasteiger partial charge >= 0.3 is 11.9 Å². The van der Waals surface area contributed by atoms with Crippen LogP contribution in [0.4, 0.5) is 0 Å². The molecule has 0 fully saturated rings. The minimum Gasteiger partial charge on any atom is -0.481 e. The van der Waals surface area contributed by atoms with Crippen LogP contribution in [0.25, 0.3) is 0 Å². The molecule has 0 saturated heterocycles. The molecule has 0 unspecified atom stereocenters. The van der Waals surface area contributed by atoms with Crippen LogP contribution in [0.3, 0.4) is 0 Å². The first kappa shape index (κ1) is 26.3. The number of carboxylic acid groups (broad SMARTS) is 2. The molecule has 0 aromatic rings. The number of unbranched alkanes of at least 4 members (excludes halogenated alkanes) is 10. The van der Waals surface area contributed by atoms with Gasteiger partial charge in [-0.25, -0.2) is 10.0 Å². The van der Waals surface area contributed by atoms with Crippen LogP contribution in [0.2, 0.25) is 0 Å². The molecule has 0 heterocycles. The molecule has 0 rings (SSSR count). The zero-order valence-corrected chi connectivity index (χ0v) is 18.7. The Kier molecular flexibility index (Phi) is 16.9. The molecule has 0 aliphatic rings. The van der Waals surface area contributed by atoms with Gasteiger partial charge < -0.3 is 10.2 Å². The van der Waals surface area contributed by atoms with Crippen molar-refractivity contribution in [3.05, 3.63) is 0 Å². The van der Waals surface area contributed by atoms with E-state index in [9.17, 15) is 19.8 Å². The quantitative estimate of drug-likeness (QED) is 0.228. The maximum Gasteiger partial charge on any atom is 0.304 e. The summed E-state index contributed by atoms with van der Waals surface area (Å²) >= 11 is 0. The molecular weight excluding hydrogens is 360 g/mol. The van der Waals surface area contributed by atoms with Gasteiger partial charge in [-0.1, -0.05) is 78.1 Å². The lowest BCUT2D eigenvalue weighted by molar-refractivity contribution is -0.137. The Morgan fingerprint density at radius 2 is 0.889 bits per heavy atom. The molecule has 0 aromatic carbocycles. The van der Waals surface area contributed by atoms with Crippen molar-refractivity contribution in [3.8, 4) is 0 Å². The Morgan fingerprint density at radius 3 is 1.22 bits per heavy atom. The average molecular weight is 405 g/mol. The fourth-order valence-corrected chi connectivity index (χ4v) is 7.67. The predicted molar refractivity (Wildman–Crippen MR) is 118 cm³/mol. The third-order valence-electron chi connectivity index (χ3n) is 5.36. The van der Waals surface area contributed by atoms with E-state index in [0.717, 1.165) is 24.3 Å². The normalized spacial score (nSPS) is 12.2. The summed E-state index contributed by atoms with van der Waals surface area (Å²) in [6.07, 6.45) is 15.2. The van der Waals surface area contributed by atoms with Crippen LogP contribution in [0, 0.1) is 0 Å². The average Bonchev–Trinajstić information content (AvgIpc) is 2.63. The smallest absolute Gasteiger partial charge is 0.304 e. The molecule has 0 aliphatic heterocycles. The Labute approximate surface area is 168 Å². The fraction of sp³-hybridized carbons (Fsp3) is 0.909. The van der Waals surface area contributed by atoms with Crippen molar-refractivity contribution < 1.29 is 19.8 Å². The van der Waals surface area contributed by atoms with Crippen LogP contribution in [0.5, 0.6) is 0 Å². The number of hydrogen-bond acceptors (Lipinski definition) is 2. The van der Waals surface area contributed by atoms with Gasteiger partial charge in [0.1, 0.15) is 0 Å². The minimum atomic E-state index is -1.13. The van der Waals surface area contributed by atoms with Crippen molar-refractivity contribution in [2.24, 2.45) is 0 Å². The van der Waals surface area contributed by atoms with Crippen LogP contribution in [-0.2, 0) is 9.59 Å². The molecule has 5 heteroatoms. The van der Waals surface area contributed by atoms with Gasteiger partial charge in [-0.3, -0.25) is 9.59 Å². The SMILES string of the molecule is CCCCCCCCS(CCCCCCCC)(CCC(=O)O)CCC(=O)O. The van der Waals surface area contributed by atoms with Gasteiger partial charge in [0, 0.05) is 0 Å². The largest absolute Gasteiger partial charge is 0.481 e. The fourth-order valence-electron chi connectivity index (χ4n) is 3.60. The molecule has 0 saturated carbocycles. The molecule has 27 heavy (non-hydrogen) atoms. The molecule has 0 spiro atoms. The van der Waals surface area contributed by atoms with Gasteiger partial charge in [0.05, 0.1) is 12.8 Å². The molecule has 162 valence electrons. The van der Waals surface area contributed by atoms with E-state index in [4.69, 9.17) is 0 Å². The molecule has 4 nitrogen and oxygen atoms in total. The molecule has 0 bridgehead atoms. The summed E-state index contributed by atoms with van der Waals surface area (Å²) in [6, 6.07) is 0. The van der Waals surface area contributed by atoms with Crippen LogP contribution >= 0.6 is 10.0 Å². The van der Waals surface area contributed by atoms with Gasteiger partial charge in [-0.05, 0) is 35.9 Å². The van der Waals surface area contributed by atoms with E-state index in [2.05, 4.69) is 13.8 Å². The lowest BCUT2D eigenvalue weighted by Gasteiger charge is -2.40. The third kappa shape index (κ3) is 16.0. The van der Waals surface area contributed by atoms with Gasteiger partial charge in [0.15, 0.2) is 0 Å². The Hall–Kier alpha value is -0.710. The Bertz CT molecular complexity index is 349. The maximum absolute atomic E-state index is 11.2. The van der Waals surface area contributed by atoms with Crippen LogP contribution in [0.1, 0.15) is 104 Å². The second-order valence-electron chi connectivity index (χ2n) is 7.86. The summed E-state index contributed by atoms with van der Waals surface area (Å²) in [5.74, 6) is 2.06. The van der Waals surface area contributed by atoms with E-state index in [0.29, 0.717) is 11.5 Å². The van der Waals surface area contributed by atoms with E-state index in [1.807, 2.05) is 0 Å². The van der Waals surface area contributed by atoms with E-state index in [1.54, 1.807) is 0 Å². The van der Waals surface area contributed by atoms with E-state index in [1.165, 1.54) is 64.2 Å². The summed E-state index contributed by atoms with van der Waals surface area (Å²) in [7, 11) is -1.13. The van der Waals surface area contributed by atoms with Crippen molar-refractivity contribution in [1.82, 2.24) is 0 Å².